The third kappa shape index (κ3) is 4.26. The minimum atomic E-state index is 0.436. The van der Waals surface area contributed by atoms with Crippen molar-refractivity contribution in [2.75, 3.05) is 26.0 Å². The molecule has 7 heteroatoms. The van der Waals surface area contributed by atoms with Gasteiger partial charge in [0.2, 0.25) is 0 Å². The Morgan fingerprint density at radius 3 is 2.37 bits per heavy atom. The fourth-order valence-corrected chi connectivity index (χ4v) is 3.42. The largest absolute Gasteiger partial charge is 0.415 e. The molecule has 1 N–H and O–H groups in total. The van der Waals surface area contributed by atoms with Crippen molar-refractivity contribution in [2.24, 2.45) is 0 Å². The minimum Gasteiger partial charge on any atom is -0.415 e. The number of hydrogen-bond donors (Lipinski definition) is 1. The van der Waals surface area contributed by atoms with Crippen LogP contribution in [0.4, 0.5) is 5.69 Å². The zero-order chi connectivity index (χ0) is 21.1. The van der Waals surface area contributed by atoms with Gasteiger partial charge in [-0.1, -0.05) is 47.6 Å². The van der Waals surface area contributed by atoms with E-state index in [4.69, 9.17) is 8.94 Å². The fourth-order valence-electron chi connectivity index (χ4n) is 3.42. The molecule has 1 unspecified atom stereocenters. The lowest BCUT2D eigenvalue weighted by molar-refractivity contribution is -0.909. The minimum absolute atomic E-state index is 0.436. The number of benzene rings is 2. The normalized spacial score (nSPS) is 12.1. The van der Waals surface area contributed by atoms with Crippen LogP contribution in [0.5, 0.6) is 0 Å². The Hall–Kier alpha value is -3.45. The number of nitrogens with zero attached hydrogens (tertiary/aromatic N) is 4. The first-order valence-electron chi connectivity index (χ1n) is 9.93. The Kier molecular flexibility index (Phi) is 5.63. The van der Waals surface area contributed by atoms with Crippen molar-refractivity contribution in [1.29, 1.82) is 0 Å². The van der Waals surface area contributed by atoms with Gasteiger partial charge < -0.3 is 18.7 Å². The Morgan fingerprint density at radius 2 is 1.67 bits per heavy atom. The third-order valence-corrected chi connectivity index (χ3v) is 5.00. The Morgan fingerprint density at radius 1 is 0.933 bits per heavy atom. The summed E-state index contributed by atoms with van der Waals surface area (Å²) >= 11 is 0. The van der Waals surface area contributed by atoms with Crippen LogP contribution in [-0.2, 0) is 13.1 Å². The molecular weight excluding hydrogens is 378 g/mol. The molecule has 2 aromatic carbocycles. The molecule has 0 aliphatic carbocycles. The second-order valence-corrected chi connectivity index (χ2v) is 7.70. The van der Waals surface area contributed by atoms with Crippen LogP contribution in [0.15, 0.2) is 63.5 Å². The van der Waals surface area contributed by atoms with Crippen molar-refractivity contribution in [3.8, 4) is 22.7 Å². The van der Waals surface area contributed by atoms with Crippen molar-refractivity contribution < 1.29 is 13.8 Å². The molecule has 0 amide bonds. The summed E-state index contributed by atoms with van der Waals surface area (Å²) in [5.74, 6) is 1.68. The first-order chi connectivity index (χ1) is 14.5. The Bertz CT molecular complexity index is 1100. The molecule has 1 atom stereocenters. The first kappa shape index (κ1) is 19.8. The van der Waals surface area contributed by atoms with Crippen molar-refractivity contribution in [2.45, 2.75) is 20.0 Å². The summed E-state index contributed by atoms with van der Waals surface area (Å²) in [5, 5.41) is 12.7. The Balaban J connectivity index is 1.48. The maximum atomic E-state index is 5.98. The van der Waals surface area contributed by atoms with E-state index in [-0.39, 0.29) is 0 Å². The molecule has 4 aromatic rings. The molecular formula is C23H26N5O2+. The summed E-state index contributed by atoms with van der Waals surface area (Å²) in [5.41, 5.74) is 4.87. The van der Waals surface area contributed by atoms with Gasteiger partial charge in [-0.25, -0.2) is 0 Å². The van der Waals surface area contributed by atoms with Gasteiger partial charge in [0.1, 0.15) is 23.6 Å². The molecule has 4 rings (SSSR count). The van der Waals surface area contributed by atoms with Crippen LogP contribution in [0.1, 0.15) is 17.2 Å². The summed E-state index contributed by atoms with van der Waals surface area (Å²) in [6.45, 7) is 3.35. The maximum absolute atomic E-state index is 5.98. The van der Waals surface area contributed by atoms with E-state index in [0.717, 1.165) is 17.7 Å². The van der Waals surface area contributed by atoms with E-state index in [0.29, 0.717) is 29.8 Å². The number of anilines is 1. The van der Waals surface area contributed by atoms with Crippen LogP contribution in [0.3, 0.4) is 0 Å². The number of rotatable bonds is 7. The molecule has 0 bridgehead atoms. The lowest BCUT2D eigenvalue weighted by Crippen LogP contribution is -3.06. The van der Waals surface area contributed by atoms with Gasteiger partial charge in [-0.05, 0) is 19.1 Å². The highest BCUT2D eigenvalue weighted by molar-refractivity contribution is 5.77. The third-order valence-electron chi connectivity index (χ3n) is 5.00. The molecule has 7 nitrogen and oxygen atoms in total. The van der Waals surface area contributed by atoms with Gasteiger partial charge in [0.05, 0.1) is 7.05 Å². The molecule has 0 fully saturated rings. The summed E-state index contributed by atoms with van der Waals surface area (Å²) < 4.78 is 11.4. The highest BCUT2D eigenvalue weighted by Crippen LogP contribution is 2.33. The van der Waals surface area contributed by atoms with Crippen LogP contribution in [0.2, 0.25) is 0 Å². The van der Waals surface area contributed by atoms with E-state index in [2.05, 4.69) is 51.6 Å². The Labute approximate surface area is 175 Å². The second-order valence-electron chi connectivity index (χ2n) is 7.70. The van der Waals surface area contributed by atoms with Crippen molar-refractivity contribution in [3.63, 3.8) is 0 Å². The summed E-state index contributed by atoms with van der Waals surface area (Å²) in [4.78, 5) is 3.35. The SMILES string of the molecule is Cc1onc(-c2ccccc2)c1-c1nnc(C[NH+](C)Cc2ccc(N(C)C)cc2)o1. The zero-order valence-corrected chi connectivity index (χ0v) is 17.7. The molecule has 30 heavy (non-hydrogen) atoms. The summed E-state index contributed by atoms with van der Waals surface area (Å²) in [7, 11) is 6.20. The van der Waals surface area contributed by atoms with Gasteiger partial charge >= 0.3 is 0 Å². The van der Waals surface area contributed by atoms with Crippen LogP contribution in [0, 0.1) is 6.92 Å². The van der Waals surface area contributed by atoms with E-state index in [1.807, 2.05) is 51.4 Å². The van der Waals surface area contributed by atoms with E-state index in [1.54, 1.807) is 0 Å². The van der Waals surface area contributed by atoms with Crippen molar-refractivity contribution in [1.82, 2.24) is 15.4 Å². The van der Waals surface area contributed by atoms with Crippen LogP contribution < -0.4 is 9.80 Å². The second kappa shape index (κ2) is 8.51. The average molecular weight is 404 g/mol. The number of aromatic nitrogens is 3. The van der Waals surface area contributed by atoms with E-state index in [1.165, 1.54) is 16.2 Å². The van der Waals surface area contributed by atoms with Gasteiger partial charge in [-0.3, -0.25) is 0 Å². The van der Waals surface area contributed by atoms with Gasteiger partial charge in [-0.2, -0.15) is 0 Å². The molecule has 2 aromatic heterocycles. The highest BCUT2D eigenvalue weighted by atomic mass is 16.5. The standard InChI is InChI=1S/C23H25N5O2/c1-16-21(22(26-30-16)18-8-6-5-7-9-18)23-25-24-20(29-23)15-28(4)14-17-10-12-19(13-11-17)27(2)3/h5-13H,14-15H2,1-4H3/p+1. The van der Waals surface area contributed by atoms with Gasteiger partial charge in [-0.15, -0.1) is 10.2 Å². The van der Waals surface area contributed by atoms with Crippen LogP contribution in [0.25, 0.3) is 22.7 Å². The van der Waals surface area contributed by atoms with Crippen molar-refractivity contribution >= 4 is 5.69 Å². The number of hydrogen-bond acceptors (Lipinski definition) is 6. The van der Waals surface area contributed by atoms with Gasteiger partial charge in [0, 0.05) is 30.9 Å². The smallest absolute Gasteiger partial charge is 0.271 e. The highest BCUT2D eigenvalue weighted by Gasteiger charge is 2.22. The fraction of sp³-hybridized carbons (Fsp3) is 0.261. The number of nitrogens with one attached hydrogen (secondary N) is 1. The lowest BCUT2D eigenvalue weighted by Gasteiger charge is -2.14. The molecule has 154 valence electrons. The molecule has 0 radical (unpaired) electrons. The van der Waals surface area contributed by atoms with E-state index in [9.17, 15) is 0 Å². The first-order valence-corrected chi connectivity index (χ1v) is 9.93. The summed E-state index contributed by atoms with van der Waals surface area (Å²) in [6, 6.07) is 18.4. The lowest BCUT2D eigenvalue weighted by atomic mass is 10.1. The molecule has 0 saturated heterocycles. The zero-order valence-electron chi connectivity index (χ0n) is 17.7. The predicted molar refractivity (Wildman–Crippen MR) is 115 cm³/mol. The van der Waals surface area contributed by atoms with Gasteiger partial charge in [0.15, 0.2) is 6.54 Å². The molecule has 0 saturated carbocycles. The predicted octanol–water partition coefficient (Wildman–Crippen LogP) is 2.98. The topological polar surface area (TPSA) is 72.6 Å². The van der Waals surface area contributed by atoms with Crippen LogP contribution in [-0.4, -0.2) is 36.5 Å². The summed E-state index contributed by atoms with van der Waals surface area (Å²) in [6.07, 6.45) is 0. The molecule has 0 aliphatic rings. The van der Waals surface area contributed by atoms with Crippen LogP contribution >= 0.6 is 0 Å². The quantitative estimate of drug-likeness (QED) is 0.511. The van der Waals surface area contributed by atoms with Crippen molar-refractivity contribution in [3.05, 3.63) is 71.8 Å². The van der Waals surface area contributed by atoms with Gasteiger partial charge in [0.25, 0.3) is 11.8 Å². The molecule has 2 heterocycles. The monoisotopic (exact) mass is 404 g/mol. The van der Waals surface area contributed by atoms with E-state index < -0.39 is 0 Å². The van der Waals surface area contributed by atoms with E-state index >= 15 is 0 Å². The maximum Gasteiger partial charge on any atom is 0.271 e. The number of aryl methyl sites for hydroxylation is 1. The molecule has 0 spiro atoms. The number of quaternary nitrogens is 1. The molecule has 0 aliphatic heterocycles. The average Bonchev–Trinajstić information content (AvgIpc) is 3.35.